The Balaban J connectivity index is -0.0000000202. The van der Waals surface area contributed by atoms with E-state index < -0.39 is 0 Å². The van der Waals surface area contributed by atoms with Gasteiger partial charge >= 0.3 is 19.8 Å². The van der Waals surface area contributed by atoms with Crippen LogP contribution in [0.15, 0.2) is 0 Å². The average molecular weight is 182 g/mol. The molecule has 0 unspecified atom stereocenters. The van der Waals surface area contributed by atoms with Crippen LogP contribution in [-0.4, -0.2) is 12.6 Å². The molecule has 0 aliphatic heterocycles. The van der Waals surface area contributed by atoms with Gasteiger partial charge in [0, 0.05) is 0 Å². The molecule has 4 heteroatoms. The predicted molar refractivity (Wildman–Crippen MR) is 30.2 cm³/mol. The molecule has 0 rings (SSSR count). The van der Waals surface area contributed by atoms with Crippen LogP contribution in [0.25, 0.3) is 0 Å². The second-order valence-electron chi connectivity index (χ2n) is 0.408. The fourth-order valence-electron chi connectivity index (χ4n) is 0. The summed E-state index contributed by atoms with van der Waals surface area (Å²) in [5, 5.41) is 0. The molecular weight excluding hydrogens is 172 g/mol. The van der Waals surface area contributed by atoms with E-state index in [1.807, 2.05) is 0 Å². The molecule has 0 amide bonds. The SMILES string of the molecule is C.C[C-]=O.C[C-]=O.[O]=[Cu]. The molecule has 0 N–H and O–H groups in total. The molecule has 0 heterocycles. The summed E-state index contributed by atoms with van der Waals surface area (Å²) in [4.78, 5) is 17.4. The van der Waals surface area contributed by atoms with Gasteiger partial charge in [-0.05, 0) is 0 Å². The molecule has 0 bridgehead atoms. The van der Waals surface area contributed by atoms with Crippen LogP contribution in [-0.2, 0) is 29.4 Å². The fourth-order valence-corrected chi connectivity index (χ4v) is 0. The van der Waals surface area contributed by atoms with Crippen molar-refractivity contribution in [3.05, 3.63) is 0 Å². The molecule has 3 nitrogen and oxygen atoms in total. The van der Waals surface area contributed by atoms with Crippen molar-refractivity contribution < 1.29 is 29.4 Å². The Morgan fingerprint density at radius 2 is 1.00 bits per heavy atom. The molecule has 0 saturated heterocycles. The first-order valence-corrected chi connectivity index (χ1v) is 1.92. The summed E-state index contributed by atoms with van der Waals surface area (Å²) >= 11 is 2.94. The van der Waals surface area contributed by atoms with Crippen molar-refractivity contribution in [3.63, 3.8) is 0 Å². The molecule has 9 heavy (non-hydrogen) atoms. The Labute approximate surface area is 63.8 Å². The molecule has 0 aliphatic rings. The van der Waals surface area contributed by atoms with Gasteiger partial charge in [0.1, 0.15) is 0 Å². The van der Waals surface area contributed by atoms with Gasteiger partial charge in [0.25, 0.3) is 0 Å². The quantitative estimate of drug-likeness (QED) is 0.409. The minimum atomic E-state index is 0. The maximum atomic E-state index is 8.68. The second kappa shape index (κ2) is 123. The van der Waals surface area contributed by atoms with E-state index in [0.717, 1.165) is 0 Å². The van der Waals surface area contributed by atoms with Gasteiger partial charge in [0.15, 0.2) is 0 Å². The van der Waals surface area contributed by atoms with Crippen molar-refractivity contribution in [2.75, 3.05) is 0 Å². The monoisotopic (exact) mass is 181 g/mol. The van der Waals surface area contributed by atoms with Gasteiger partial charge in [-0.3, -0.25) is 12.6 Å². The normalized spacial score (nSPS) is 3.56. The zero-order valence-corrected chi connectivity index (χ0v) is 5.47. The topological polar surface area (TPSA) is 51.2 Å². The van der Waals surface area contributed by atoms with E-state index in [-0.39, 0.29) is 7.43 Å². The summed E-state index contributed by atoms with van der Waals surface area (Å²) in [5.41, 5.74) is 0. The first-order chi connectivity index (χ1) is 3.83. The Kier molecular flexibility index (Phi) is 321. The Morgan fingerprint density at radius 1 is 1.00 bits per heavy atom. The molecule has 61 valence electrons. The van der Waals surface area contributed by atoms with Gasteiger partial charge < -0.3 is 9.59 Å². The van der Waals surface area contributed by atoms with Crippen LogP contribution in [0.2, 0.25) is 0 Å². The van der Waals surface area contributed by atoms with Gasteiger partial charge in [0.05, 0.1) is 0 Å². The molecular formula is C5H10CuO3-2. The summed E-state index contributed by atoms with van der Waals surface area (Å²) in [7, 11) is 0. The molecule has 0 saturated carbocycles. The molecule has 0 fully saturated rings. The average Bonchev–Trinajstić information content (AvgIpc) is 1.75. The van der Waals surface area contributed by atoms with Crippen molar-refractivity contribution >= 4 is 12.6 Å². The van der Waals surface area contributed by atoms with Crippen LogP contribution in [0.5, 0.6) is 0 Å². The van der Waals surface area contributed by atoms with Crippen molar-refractivity contribution in [2.24, 2.45) is 0 Å². The molecule has 0 atom stereocenters. The first-order valence-electron chi connectivity index (χ1n) is 1.53. The van der Waals surface area contributed by atoms with E-state index >= 15 is 0 Å². The minimum absolute atomic E-state index is 0. The Bertz CT molecular complexity index is 41.5. The Hall–Kier alpha value is -0.341. The van der Waals surface area contributed by atoms with Gasteiger partial charge in [-0.2, -0.15) is 13.8 Å². The molecule has 0 radical (unpaired) electrons. The van der Waals surface area contributed by atoms with Gasteiger partial charge in [-0.15, -0.1) is 0 Å². The number of hydrogen-bond donors (Lipinski definition) is 0. The van der Waals surface area contributed by atoms with E-state index in [0.29, 0.717) is 0 Å². The van der Waals surface area contributed by atoms with Crippen molar-refractivity contribution in [2.45, 2.75) is 21.3 Å². The first kappa shape index (κ1) is 23.4. The zero-order valence-electron chi connectivity index (χ0n) is 4.53. The predicted octanol–water partition coefficient (Wildman–Crippen LogP) is 0.747. The van der Waals surface area contributed by atoms with E-state index in [2.05, 4.69) is 15.9 Å². The molecule has 0 aliphatic carbocycles. The molecule has 0 aromatic rings. The molecule has 0 aromatic heterocycles. The standard InChI is InChI=1S/2C2H3O.CH4.Cu.O/c2*1-2-3;;;/h2*1H3;1H4;;/q2*-1;;;. The second-order valence-corrected chi connectivity index (χ2v) is 0.408. The summed E-state index contributed by atoms with van der Waals surface area (Å²) in [5.74, 6) is 0. The van der Waals surface area contributed by atoms with Crippen LogP contribution in [0.1, 0.15) is 21.3 Å². The molecule has 0 aromatic carbocycles. The van der Waals surface area contributed by atoms with Crippen molar-refractivity contribution in [1.82, 2.24) is 0 Å². The van der Waals surface area contributed by atoms with Crippen LogP contribution < -0.4 is 0 Å². The van der Waals surface area contributed by atoms with E-state index in [4.69, 9.17) is 13.4 Å². The maximum absolute atomic E-state index is 8.68. The number of hydrogen-bond acceptors (Lipinski definition) is 3. The summed E-state index contributed by atoms with van der Waals surface area (Å²) in [6.07, 6.45) is 3.00. The van der Waals surface area contributed by atoms with Crippen LogP contribution >= 0.6 is 0 Å². The third-order valence-electron chi connectivity index (χ3n) is 0. The van der Waals surface area contributed by atoms with E-state index in [1.165, 1.54) is 26.4 Å². The van der Waals surface area contributed by atoms with Gasteiger partial charge in [0.2, 0.25) is 0 Å². The van der Waals surface area contributed by atoms with Crippen LogP contribution in [0.4, 0.5) is 0 Å². The fraction of sp³-hybridized carbons (Fsp3) is 0.600. The van der Waals surface area contributed by atoms with E-state index in [9.17, 15) is 0 Å². The molecule has 0 spiro atoms. The number of carbonyl (C=O) groups excluding carboxylic acids is 2. The third-order valence-corrected chi connectivity index (χ3v) is 0. The summed E-state index contributed by atoms with van der Waals surface area (Å²) < 4.78 is 7.81. The third kappa shape index (κ3) is 2120. The van der Waals surface area contributed by atoms with Gasteiger partial charge in [-0.25, -0.2) is 0 Å². The zero-order chi connectivity index (χ0) is 7.41. The van der Waals surface area contributed by atoms with Crippen molar-refractivity contribution in [3.8, 4) is 0 Å². The van der Waals surface area contributed by atoms with E-state index in [1.54, 1.807) is 0 Å². The Morgan fingerprint density at radius 3 is 1.00 bits per heavy atom. The van der Waals surface area contributed by atoms with Gasteiger partial charge in [-0.1, -0.05) is 7.43 Å². The summed E-state index contributed by atoms with van der Waals surface area (Å²) in [6, 6.07) is 0. The number of rotatable bonds is 0. The van der Waals surface area contributed by atoms with Crippen LogP contribution in [0, 0.1) is 0 Å². The summed E-state index contributed by atoms with van der Waals surface area (Å²) in [6.45, 7) is 2.64. The van der Waals surface area contributed by atoms with Crippen molar-refractivity contribution in [1.29, 1.82) is 0 Å². The van der Waals surface area contributed by atoms with Crippen LogP contribution in [0.3, 0.4) is 0 Å².